The lowest BCUT2D eigenvalue weighted by molar-refractivity contribution is -0.904. The monoisotopic (exact) mass is 364 g/mol. The van der Waals surface area contributed by atoms with Crippen LogP contribution in [0.3, 0.4) is 0 Å². The second-order valence-electron chi connectivity index (χ2n) is 7.08. The zero-order valence-corrected chi connectivity index (χ0v) is 15.5. The maximum absolute atomic E-state index is 12.7. The van der Waals surface area contributed by atoms with Crippen molar-refractivity contribution in [2.75, 3.05) is 39.3 Å². The number of aromatic amines is 1. The van der Waals surface area contributed by atoms with Gasteiger partial charge >= 0.3 is 0 Å². The van der Waals surface area contributed by atoms with E-state index in [-0.39, 0.29) is 5.91 Å². The minimum Gasteiger partial charge on any atom is -0.488 e. The zero-order valence-electron chi connectivity index (χ0n) is 15.5. The van der Waals surface area contributed by atoms with Crippen LogP contribution in [0.15, 0.2) is 60.8 Å². The number of ether oxygens (including phenoxy) is 1. The number of carbonyl (C=O) groups excluding carboxylic acids is 1. The van der Waals surface area contributed by atoms with E-state index in [9.17, 15) is 4.79 Å². The van der Waals surface area contributed by atoms with E-state index < -0.39 is 0 Å². The van der Waals surface area contributed by atoms with Crippen LogP contribution >= 0.6 is 0 Å². The summed E-state index contributed by atoms with van der Waals surface area (Å²) >= 11 is 0. The summed E-state index contributed by atoms with van der Waals surface area (Å²) in [5.74, 6) is 1.14. The summed E-state index contributed by atoms with van der Waals surface area (Å²) in [7, 11) is 0. The number of amides is 1. The van der Waals surface area contributed by atoms with Gasteiger partial charge in [-0.15, -0.1) is 0 Å². The van der Waals surface area contributed by atoms with Crippen LogP contribution < -0.4 is 9.64 Å². The van der Waals surface area contributed by atoms with Gasteiger partial charge in [-0.2, -0.15) is 0 Å². The van der Waals surface area contributed by atoms with Gasteiger partial charge in [-0.25, -0.2) is 0 Å². The Morgan fingerprint density at radius 3 is 2.59 bits per heavy atom. The fraction of sp³-hybridized carbons (Fsp3) is 0.318. The summed E-state index contributed by atoms with van der Waals surface area (Å²) in [5, 5.41) is 1.15. The predicted octanol–water partition coefficient (Wildman–Crippen LogP) is 1.52. The molecule has 0 atom stereocenters. The molecule has 2 aromatic carbocycles. The van der Waals surface area contributed by atoms with Crippen LogP contribution in [0.2, 0.25) is 0 Å². The number of carbonyl (C=O) groups is 1. The number of hydrogen-bond acceptors (Lipinski definition) is 2. The lowest BCUT2D eigenvalue weighted by Crippen LogP contribution is -3.15. The van der Waals surface area contributed by atoms with Crippen molar-refractivity contribution < 1.29 is 14.4 Å². The largest absolute Gasteiger partial charge is 0.488 e. The Labute approximate surface area is 159 Å². The molecule has 140 valence electrons. The minimum atomic E-state index is 0.222. The average Bonchev–Trinajstić information content (AvgIpc) is 3.12. The first-order valence-corrected chi connectivity index (χ1v) is 9.64. The summed E-state index contributed by atoms with van der Waals surface area (Å²) in [5.41, 5.74) is 2.18. The zero-order chi connectivity index (χ0) is 18.5. The summed E-state index contributed by atoms with van der Waals surface area (Å²) in [6, 6.07) is 18.1. The van der Waals surface area contributed by atoms with Crippen LogP contribution in [0.5, 0.6) is 5.75 Å². The molecule has 5 nitrogen and oxygen atoms in total. The van der Waals surface area contributed by atoms with Crippen LogP contribution in [0.25, 0.3) is 10.9 Å². The summed E-state index contributed by atoms with van der Waals surface area (Å²) in [6.45, 7) is 5.29. The van der Waals surface area contributed by atoms with E-state index in [4.69, 9.17) is 4.74 Å². The third kappa shape index (κ3) is 4.31. The van der Waals surface area contributed by atoms with Gasteiger partial charge in [0.2, 0.25) is 5.91 Å². The number of piperazine rings is 1. The number of benzene rings is 2. The van der Waals surface area contributed by atoms with Gasteiger partial charge in [-0.05, 0) is 23.8 Å². The average molecular weight is 364 g/mol. The van der Waals surface area contributed by atoms with Crippen LogP contribution in [-0.2, 0) is 11.2 Å². The van der Waals surface area contributed by atoms with E-state index in [0.717, 1.165) is 54.9 Å². The van der Waals surface area contributed by atoms with Crippen LogP contribution in [0.1, 0.15) is 5.56 Å². The molecular weight excluding hydrogens is 338 g/mol. The van der Waals surface area contributed by atoms with Crippen molar-refractivity contribution in [3.63, 3.8) is 0 Å². The van der Waals surface area contributed by atoms with Gasteiger partial charge in [0.25, 0.3) is 0 Å². The molecule has 0 unspecified atom stereocenters. The first kappa shape index (κ1) is 17.6. The Hall–Kier alpha value is -2.79. The molecule has 2 N–H and O–H groups in total. The third-order valence-corrected chi connectivity index (χ3v) is 5.31. The fourth-order valence-electron chi connectivity index (χ4n) is 3.70. The van der Waals surface area contributed by atoms with Gasteiger partial charge in [0.1, 0.15) is 18.9 Å². The SMILES string of the molecule is O=C(Cc1c[nH]c2ccccc12)N1CC[NH+](CCOc2ccccc2)CC1. The number of nitrogens with zero attached hydrogens (tertiary/aromatic N) is 1. The number of hydrogen-bond donors (Lipinski definition) is 2. The normalized spacial score (nSPS) is 15.2. The number of quaternary nitrogens is 1. The van der Waals surface area contributed by atoms with Crippen LogP contribution in [-0.4, -0.2) is 55.1 Å². The fourth-order valence-corrected chi connectivity index (χ4v) is 3.70. The molecule has 0 saturated carbocycles. The van der Waals surface area contributed by atoms with E-state index >= 15 is 0 Å². The van der Waals surface area contributed by atoms with Gasteiger partial charge in [-0.1, -0.05) is 36.4 Å². The first-order valence-electron chi connectivity index (χ1n) is 9.64. The number of rotatable bonds is 6. The standard InChI is InChI=1S/C22H25N3O2/c26-22(16-18-17-23-21-9-5-4-8-20(18)21)25-12-10-24(11-13-25)14-15-27-19-6-2-1-3-7-19/h1-9,17,23H,10-16H2/p+1. The highest BCUT2D eigenvalue weighted by Gasteiger charge is 2.24. The number of para-hydroxylation sites is 2. The lowest BCUT2D eigenvalue weighted by Gasteiger charge is -2.32. The summed E-state index contributed by atoms with van der Waals surface area (Å²) in [4.78, 5) is 19.4. The molecule has 5 heteroatoms. The maximum atomic E-state index is 12.7. The summed E-state index contributed by atoms with van der Waals surface area (Å²) in [6.07, 6.45) is 2.43. The maximum Gasteiger partial charge on any atom is 0.227 e. The van der Waals surface area contributed by atoms with Crippen molar-refractivity contribution in [3.8, 4) is 5.75 Å². The highest BCUT2D eigenvalue weighted by Crippen LogP contribution is 2.18. The van der Waals surface area contributed by atoms with E-state index in [2.05, 4.69) is 11.1 Å². The van der Waals surface area contributed by atoms with Gasteiger partial charge in [-0.3, -0.25) is 4.79 Å². The molecule has 1 saturated heterocycles. The molecule has 1 amide bonds. The molecule has 0 radical (unpaired) electrons. The molecule has 1 aliphatic heterocycles. The second-order valence-corrected chi connectivity index (χ2v) is 7.08. The Kier molecular flexibility index (Phi) is 5.39. The predicted molar refractivity (Wildman–Crippen MR) is 106 cm³/mol. The van der Waals surface area contributed by atoms with Gasteiger partial charge in [0.05, 0.1) is 32.6 Å². The second kappa shape index (κ2) is 8.27. The van der Waals surface area contributed by atoms with E-state index in [1.807, 2.05) is 59.6 Å². The van der Waals surface area contributed by atoms with Crippen molar-refractivity contribution in [2.24, 2.45) is 0 Å². The molecule has 0 spiro atoms. The number of fused-ring (bicyclic) bond motifs is 1. The quantitative estimate of drug-likeness (QED) is 0.697. The molecule has 1 fully saturated rings. The molecule has 2 heterocycles. The smallest absolute Gasteiger partial charge is 0.227 e. The topological polar surface area (TPSA) is 49.8 Å². The summed E-state index contributed by atoms with van der Waals surface area (Å²) < 4.78 is 5.79. The van der Waals surface area contributed by atoms with Crippen molar-refractivity contribution in [1.29, 1.82) is 0 Å². The van der Waals surface area contributed by atoms with Crippen molar-refractivity contribution >= 4 is 16.8 Å². The number of nitrogens with one attached hydrogen (secondary N) is 2. The molecule has 1 aromatic heterocycles. The number of H-pyrrole nitrogens is 1. The Morgan fingerprint density at radius 1 is 1.04 bits per heavy atom. The van der Waals surface area contributed by atoms with Gasteiger partial charge in [0, 0.05) is 17.1 Å². The lowest BCUT2D eigenvalue weighted by atomic mass is 10.1. The highest BCUT2D eigenvalue weighted by molar-refractivity contribution is 5.88. The van der Waals surface area contributed by atoms with E-state index in [1.54, 1.807) is 0 Å². The van der Waals surface area contributed by atoms with Crippen molar-refractivity contribution in [1.82, 2.24) is 9.88 Å². The van der Waals surface area contributed by atoms with Gasteiger partial charge in [0.15, 0.2) is 0 Å². The molecule has 4 rings (SSSR count). The van der Waals surface area contributed by atoms with E-state index in [1.165, 1.54) is 4.90 Å². The van der Waals surface area contributed by atoms with Crippen molar-refractivity contribution in [3.05, 3.63) is 66.4 Å². The molecule has 0 bridgehead atoms. The van der Waals surface area contributed by atoms with Crippen LogP contribution in [0.4, 0.5) is 0 Å². The van der Waals surface area contributed by atoms with Gasteiger partial charge < -0.3 is 19.5 Å². The molecular formula is C22H26N3O2+. The Bertz CT molecular complexity index is 883. The molecule has 3 aromatic rings. The highest BCUT2D eigenvalue weighted by atomic mass is 16.5. The third-order valence-electron chi connectivity index (χ3n) is 5.31. The molecule has 1 aliphatic rings. The Balaban J connectivity index is 1.23. The first-order chi connectivity index (χ1) is 13.3. The van der Waals surface area contributed by atoms with E-state index in [0.29, 0.717) is 13.0 Å². The van der Waals surface area contributed by atoms with Crippen LogP contribution in [0, 0.1) is 0 Å². The van der Waals surface area contributed by atoms with Crippen molar-refractivity contribution in [2.45, 2.75) is 6.42 Å². The minimum absolute atomic E-state index is 0.222. The number of aromatic nitrogens is 1. The molecule has 27 heavy (non-hydrogen) atoms. The Morgan fingerprint density at radius 2 is 1.78 bits per heavy atom. The molecule has 0 aliphatic carbocycles.